The second kappa shape index (κ2) is 5.53. The van der Waals surface area contributed by atoms with Crippen LogP contribution in [0.25, 0.3) is 39.0 Å². The first kappa shape index (κ1) is 14.4. The van der Waals surface area contributed by atoms with Crippen molar-refractivity contribution < 1.29 is 4.42 Å². The number of hydrogen-bond donors (Lipinski definition) is 0. The summed E-state index contributed by atoms with van der Waals surface area (Å²) < 4.78 is 7.33. The number of hydrogen-bond acceptors (Lipinski definition) is 5. The molecule has 0 fully saturated rings. The van der Waals surface area contributed by atoms with Gasteiger partial charge in [0, 0.05) is 17.3 Å². The van der Waals surface area contributed by atoms with Crippen LogP contribution in [0.1, 0.15) is 5.56 Å². The van der Waals surface area contributed by atoms with Gasteiger partial charge in [0.25, 0.3) is 0 Å². The molecule has 6 nitrogen and oxygen atoms in total. The summed E-state index contributed by atoms with van der Waals surface area (Å²) in [5.74, 6) is 0. The van der Waals surface area contributed by atoms with Gasteiger partial charge >= 0.3 is 0 Å². The van der Waals surface area contributed by atoms with E-state index in [9.17, 15) is 5.26 Å². The van der Waals surface area contributed by atoms with Crippen molar-refractivity contribution in [3.63, 3.8) is 0 Å². The molecule has 0 radical (unpaired) electrons. The maximum absolute atomic E-state index is 9.64. The molecule has 0 amide bonds. The van der Waals surface area contributed by atoms with Crippen molar-refractivity contribution in [2.24, 2.45) is 0 Å². The highest BCUT2D eigenvalue weighted by atomic mass is 16.3. The molecule has 5 rings (SSSR count). The van der Waals surface area contributed by atoms with Crippen LogP contribution in [0.3, 0.4) is 0 Å². The summed E-state index contributed by atoms with van der Waals surface area (Å²) in [5, 5.41) is 9.64. The van der Waals surface area contributed by atoms with E-state index in [0.717, 1.165) is 33.4 Å². The molecule has 0 spiro atoms. The molecule has 0 aliphatic heterocycles. The lowest BCUT2D eigenvalue weighted by molar-refractivity contribution is 0.602. The molecule has 2 aromatic carbocycles. The van der Waals surface area contributed by atoms with Gasteiger partial charge in [0.1, 0.15) is 5.52 Å². The maximum Gasteiger partial charge on any atom is 0.181 e. The minimum absolute atomic E-state index is 0.578. The second-order valence-corrected chi connectivity index (χ2v) is 5.87. The van der Waals surface area contributed by atoms with Crippen LogP contribution < -0.4 is 0 Å². The van der Waals surface area contributed by atoms with E-state index in [0.29, 0.717) is 11.1 Å². The van der Waals surface area contributed by atoms with Crippen LogP contribution in [0.4, 0.5) is 0 Å². The van der Waals surface area contributed by atoms with Crippen LogP contribution >= 0.6 is 0 Å². The molecule has 0 saturated carbocycles. The molecular formula is C20H11N5O. The van der Waals surface area contributed by atoms with Crippen LogP contribution in [0, 0.1) is 11.3 Å². The summed E-state index contributed by atoms with van der Waals surface area (Å²) in [5.41, 5.74) is 6.29. The third-order valence-corrected chi connectivity index (χ3v) is 4.37. The standard InChI is InChI=1S/C20H11N5O/c21-7-14-2-1-3-16(18-10-25-11-22-8-15(25)9-23-18)20(14)13-4-5-17-19(6-13)26-12-24-17/h1-6,8-12H. The average molecular weight is 337 g/mol. The van der Waals surface area contributed by atoms with Gasteiger partial charge in [0.15, 0.2) is 12.0 Å². The molecule has 0 aliphatic carbocycles. The minimum atomic E-state index is 0.578. The van der Waals surface area contributed by atoms with Crippen molar-refractivity contribution in [2.45, 2.75) is 0 Å². The Kier molecular flexibility index (Phi) is 3.06. The van der Waals surface area contributed by atoms with Gasteiger partial charge in [-0.2, -0.15) is 5.26 Å². The number of nitrogens with zero attached hydrogens (tertiary/aromatic N) is 5. The zero-order chi connectivity index (χ0) is 17.5. The molecule has 0 bridgehead atoms. The van der Waals surface area contributed by atoms with E-state index in [1.54, 1.807) is 24.8 Å². The fourth-order valence-corrected chi connectivity index (χ4v) is 3.14. The van der Waals surface area contributed by atoms with E-state index < -0.39 is 0 Å². The lowest BCUT2D eigenvalue weighted by Crippen LogP contribution is -1.94. The first-order chi connectivity index (χ1) is 12.8. The quantitative estimate of drug-likeness (QED) is 0.485. The summed E-state index contributed by atoms with van der Waals surface area (Å²) in [4.78, 5) is 12.8. The summed E-state index contributed by atoms with van der Waals surface area (Å²) in [6.07, 6.45) is 8.58. The zero-order valence-corrected chi connectivity index (χ0v) is 13.5. The van der Waals surface area contributed by atoms with E-state index in [-0.39, 0.29) is 0 Å². The van der Waals surface area contributed by atoms with E-state index >= 15 is 0 Å². The SMILES string of the molecule is N#Cc1cccc(-c2cn3cncc3cn2)c1-c1ccc2ncoc2c1. The van der Waals surface area contributed by atoms with Gasteiger partial charge in [0.2, 0.25) is 0 Å². The molecule has 0 unspecified atom stereocenters. The van der Waals surface area contributed by atoms with Crippen molar-refractivity contribution in [3.05, 3.63) is 73.3 Å². The zero-order valence-electron chi connectivity index (χ0n) is 13.5. The molecule has 0 saturated heterocycles. The number of aromatic nitrogens is 4. The summed E-state index contributed by atoms with van der Waals surface area (Å²) >= 11 is 0. The van der Waals surface area contributed by atoms with Crippen molar-refractivity contribution in [3.8, 4) is 28.5 Å². The normalized spacial score (nSPS) is 11.0. The number of rotatable bonds is 2. The van der Waals surface area contributed by atoms with Gasteiger partial charge < -0.3 is 8.82 Å². The van der Waals surface area contributed by atoms with E-state index in [1.165, 1.54) is 6.39 Å². The highest BCUT2D eigenvalue weighted by molar-refractivity contribution is 5.89. The van der Waals surface area contributed by atoms with Crippen LogP contribution in [-0.2, 0) is 0 Å². The molecule has 5 aromatic rings. The third-order valence-electron chi connectivity index (χ3n) is 4.37. The van der Waals surface area contributed by atoms with Crippen molar-refractivity contribution in [1.29, 1.82) is 5.26 Å². The predicted octanol–water partition coefficient (Wildman–Crippen LogP) is 4.08. The smallest absolute Gasteiger partial charge is 0.181 e. The van der Waals surface area contributed by atoms with Gasteiger partial charge in [0.05, 0.1) is 41.6 Å². The van der Waals surface area contributed by atoms with Gasteiger partial charge in [-0.25, -0.2) is 9.97 Å². The highest BCUT2D eigenvalue weighted by Crippen LogP contribution is 2.35. The van der Waals surface area contributed by atoms with Gasteiger partial charge in [-0.1, -0.05) is 18.2 Å². The first-order valence-corrected chi connectivity index (χ1v) is 7.98. The number of fused-ring (bicyclic) bond motifs is 2. The molecule has 0 N–H and O–H groups in total. The molecule has 26 heavy (non-hydrogen) atoms. The first-order valence-electron chi connectivity index (χ1n) is 7.98. The number of imidazole rings is 1. The van der Waals surface area contributed by atoms with Crippen molar-refractivity contribution in [2.75, 3.05) is 0 Å². The van der Waals surface area contributed by atoms with E-state index in [4.69, 9.17) is 4.42 Å². The van der Waals surface area contributed by atoms with Crippen LogP contribution in [-0.4, -0.2) is 19.4 Å². The molecule has 3 aromatic heterocycles. The fraction of sp³-hybridized carbons (Fsp3) is 0. The molecule has 0 aliphatic rings. The van der Waals surface area contributed by atoms with E-state index in [2.05, 4.69) is 21.0 Å². The summed E-state index contributed by atoms with van der Waals surface area (Å²) in [6, 6.07) is 13.7. The van der Waals surface area contributed by atoms with E-state index in [1.807, 2.05) is 40.9 Å². The number of nitriles is 1. The van der Waals surface area contributed by atoms with Crippen LogP contribution in [0.15, 0.2) is 72.1 Å². The Balaban J connectivity index is 1.79. The molecule has 6 heteroatoms. The fourth-order valence-electron chi connectivity index (χ4n) is 3.14. The lowest BCUT2D eigenvalue weighted by atomic mass is 9.93. The molecule has 3 heterocycles. The number of oxazole rings is 1. The van der Waals surface area contributed by atoms with Gasteiger partial charge in [-0.3, -0.25) is 4.98 Å². The maximum atomic E-state index is 9.64. The molecule has 0 atom stereocenters. The Labute approximate surface area is 148 Å². The van der Waals surface area contributed by atoms with Gasteiger partial charge in [-0.05, 0) is 23.8 Å². The number of benzene rings is 2. The topological polar surface area (TPSA) is 80.0 Å². The summed E-state index contributed by atoms with van der Waals surface area (Å²) in [6.45, 7) is 0. The average Bonchev–Trinajstić information content (AvgIpc) is 3.35. The Morgan fingerprint density at radius 1 is 1.08 bits per heavy atom. The molecule has 122 valence electrons. The predicted molar refractivity (Wildman–Crippen MR) is 96.1 cm³/mol. The Morgan fingerprint density at radius 3 is 2.96 bits per heavy atom. The summed E-state index contributed by atoms with van der Waals surface area (Å²) in [7, 11) is 0. The van der Waals surface area contributed by atoms with Crippen molar-refractivity contribution >= 4 is 16.6 Å². The minimum Gasteiger partial charge on any atom is -0.443 e. The largest absolute Gasteiger partial charge is 0.443 e. The highest BCUT2D eigenvalue weighted by Gasteiger charge is 2.15. The lowest BCUT2D eigenvalue weighted by Gasteiger charge is -2.12. The molecular weight excluding hydrogens is 326 g/mol. The third kappa shape index (κ3) is 2.15. The Bertz CT molecular complexity index is 1310. The van der Waals surface area contributed by atoms with Crippen LogP contribution in [0.2, 0.25) is 0 Å². The second-order valence-electron chi connectivity index (χ2n) is 5.87. The van der Waals surface area contributed by atoms with Crippen LogP contribution in [0.5, 0.6) is 0 Å². The van der Waals surface area contributed by atoms with Gasteiger partial charge in [-0.15, -0.1) is 0 Å². The monoisotopic (exact) mass is 337 g/mol. The van der Waals surface area contributed by atoms with Crippen molar-refractivity contribution in [1.82, 2.24) is 19.4 Å². The Morgan fingerprint density at radius 2 is 2.04 bits per heavy atom. The Hall–Kier alpha value is -3.98.